The minimum Gasteiger partial charge on any atom is -0.420 e. The number of hydrogen-bond acceptors (Lipinski definition) is 6. The zero-order valence-corrected chi connectivity index (χ0v) is 17.0. The van der Waals surface area contributed by atoms with Crippen LogP contribution in [-0.4, -0.2) is 37.9 Å². The summed E-state index contributed by atoms with van der Waals surface area (Å²) in [7, 11) is 0. The van der Waals surface area contributed by atoms with Crippen LogP contribution in [0.4, 0.5) is 13.2 Å². The summed E-state index contributed by atoms with van der Waals surface area (Å²) in [5, 5.41) is 15.0. The third-order valence-corrected chi connectivity index (χ3v) is 5.60. The van der Waals surface area contributed by atoms with Crippen LogP contribution in [0.3, 0.4) is 0 Å². The molecule has 3 aromatic heterocycles. The largest absolute Gasteiger partial charge is 0.435 e. The number of halogens is 3. The van der Waals surface area contributed by atoms with Crippen LogP contribution in [0.1, 0.15) is 36.0 Å². The van der Waals surface area contributed by atoms with Gasteiger partial charge in [-0.1, -0.05) is 30.3 Å². The lowest BCUT2D eigenvalue weighted by Crippen LogP contribution is -2.28. The van der Waals surface area contributed by atoms with Crippen molar-refractivity contribution < 1.29 is 17.6 Å². The van der Waals surface area contributed by atoms with E-state index in [1.165, 1.54) is 12.1 Å². The van der Waals surface area contributed by atoms with Crippen molar-refractivity contribution in [3.8, 4) is 22.6 Å². The summed E-state index contributed by atoms with van der Waals surface area (Å²) < 4.78 is 47.9. The number of alkyl halides is 3. The molecule has 1 unspecified atom stereocenters. The number of aryl methyl sites for hydroxylation is 1. The molecule has 4 heterocycles. The first-order chi connectivity index (χ1) is 15.3. The summed E-state index contributed by atoms with van der Waals surface area (Å²) in [5.41, 5.74) is -1.55. The van der Waals surface area contributed by atoms with Crippen LogP contribution in [0.5, 0.6) is 0 Å². The van der Waals surface area contributed by atoms with E-state index in [2.05, 4.69) is 25.6 Å². The summed E-state index contributed by atoms with van der Waals surface area (Å²) in [6.45, 7) is 3.18. The minimum absolute atomic E-state index is 0.00384. The van der Waals surface area contributed by atoms with E-state index >= 15 is 0 Å². The Bertz CT molecular complexity index is 1330. The highest BCUT2D eigenvalue weighted by atomic mass is 19.4. The van der Waals surface area contributed by atoms with E-state index in [0.717, 1.165) is 23.9 Å². The van der Waals surface area contributed by atoms with Crippen molar-refractivity contribution >= 4 is 5.65 Å². The molecule has 1 fully saturated rings. The van der Waals surface area contributed by atoms with Crippen molar-refractivity contribution in [1.82, 2.24) is 30.1 Å². The van der Waals surface area contributed by atoms with Gasteiger partial charge in [0.05, 0.1) is 5.56 Å². The molecule has 32 heavy (non-hydrogen) atoms. The number of benzene rings is 1. The first-order valence-corrected chi connectivity index (χ1v) is 10.2. The first kappa shape index (κ1) is 20.4. The van der Waals surface area contributed by atoms with Crippen molar-refractivity contribution in [3.63, 3.8) is 0 Å². The molecule has 166 valence electrons. The van der Waals surface area contributed by atoms with Gasteiger partial charge < -0.3 is 14.7 Å². The Morgan fingerprint density at radius 2 is 1.94 bits per heavy atom. The van der Waals surface area contributed by atoms with Crippen molar-refractivity contribution in [2.24, 2.45) is 0 Å². The second-order valence-electron chi connectivity index (χ2n) is 7.77. The Morgan fingerprint density at radius 3 is 2.62 bits per heavy atom. The van der Waals surface area contributed by atoms with E-state index < -0.39 is 17.4 Å². The molecule has 1 aliphatic heterocycles. The molecule has 8 nitrogen and oxygen atoms in total. The third kappa shape index (κ3) is 3.38. The third-order valence-electron chi connectivity index (χ3n) is 5.60. The van der Waals surface area contributed by atoms with Gasteiger partial charge in [-0.25, -0.2) is 0 Å². The lowest BCUT2D eigenvalue weighted by Gasteiger charge is -2.18. The van der Waals surface area contributed by atoms with Crippen molar-refractivity contribution in [2.75, 3.05) is 13.1 Å². The standard InChI is InChI=1S/C21H19F3N6O2/c1-11-14(19-28-27-18(32-19)13-8-5-9-25-10-13)20(31)30-17(26-11)15(12-6-3-2-4-7-12)16(29-30)21(22,23)24/h2-4,6-7,13,25-26H,5,8-10H2,1H3. The number of fused-ring (bicyclic) bond motifs is 1. The number of rotatable bonds is 3. The fourth-order valence-electron chi connectivity index (χ4n) is 4.08. The highest BCUT2D eigenvalue weighted by Crippen LogP contribution is 2.38. The van der Waals surface area contributed by atoms with Gasteiger partial charge in [-0.3, -0.25) is 4.79 Å². The van der Waals surface area contributed by atoms with E-state index in [1.807, 2.05) is 0 Å². The van der Waals surface area contributed by atoms with Crippen LogP contribution in [0.25, 0.3) is 28.2 Å². The molecule has 2 N–H and O–H groups in total. The molecule has 4 aromatic rings. The Morgan fingerprint density at radius 1 is 1.16 bits per heavy atom. The number of aromatic amines is 1. The number of hydrogen-bond donors (Lipinski definition) is 2. The van der Waals surface area contributed by atoms with E-state index in [-0.39, 0.29) is 28.6 Å². The van der Waals surface area contributed by atoms with Crippen LogP contribution in [-0.2, 0) is 6.18 Å². The van der Waals surface area contributed by atoms with Crippen LogP contribution >= 0.6 is 0 Å². The van der Waals surface area contributed by atoms with Gasteiger partial charge in [-0.05, 0) is 31.9 Å². The summed E-state index contributed by atoms with van der Waals surface area (Å²) >= 11 is 0. The number of H-pyrrole nitrogens is 1. The number of nitrogens with one attached hydrogen (secondary N) is 2. The molecule has 11 heteroatoms. The Kier molecular flexibility index (Phi) is 4.85. The fraction of sp³-hybridized carbons (Fsp3) is 0.333. The zero-order chi connectivity index (χ0) is 22.5. The Hall–Kier alpha value is -3.47. The van der Waals surface area contributed by atoms with Gasteiger partial charge in [0.1, 0.15) is 11.2 Å². The van der Waals surface area contributed by atoms with Crippen LogP contribution in [0.2, 0.25) is 0 Å². The summed E-state index contributed by atoms with van der Waals surface area (Å²) in [6, 6.07) is 8.02. The average Bonchev–Trinajstić information content (AvgIpc) is 3.40. The highest BCUT2D eigenvalue weighted by molar-refractivity contribution is 5.81. The van der Waals surface area contributed by atoms with Gasteiger partial charge in [-0.15, -0.1) is 10.2 Å². The molecule has 0 saturated carbocycles. The highest BCUT2D eigenvalue weighted by Gasteiger charge is 2.39. The smallest absolute Gasteiger partial charge is 0.420 e. The van der Waals surface area contributed by atoms with E-state index in [9.17, 15) is 18.0 Å². The summed E-state index contributed by atoms with van der Waals surface area (Å²) in [4.78, 5) is 16.1. The van der Waals surface area contributed by atoms with Crippen LogP contribution < -0.4 is 10.9 Å². The molecule has 1 aromatic carbocycles. The van der Waals surface area contributed by atoms with Gasteiger partial charge in [0, 0.05) is 18.2 Å². The molecular weight excluding hydrogens is 425 g/mol. The zero-order valence-electron chi connectivity index (χ0n) is 17.0. The Labute approximate surface area is 179 Å². The molecule has 1 saturated heterocycles. The van der Waals surface area contributed by atoms with Gasteiger partial charge in [0.15, 0.2) is 5.69 Å². The molecule has 1 aliphatic rings. The predicted molar refractivity (Wildman–Crippen MR) is 109 cm³/mol. The summed E-state index contributed by atoms with van der Waals surface area (Å²) in [5.74, 6) is 0.378. The number of piperidine rings is 1. The quantitative estimate of drug-likeness (QED) is 0.501. The lowest BCUT2D eigenvalue weighted by atomic mass is 10.00. The normalized spacial score (nSPS) is 17.2. The van der Waals surface area contributed by atoms with Gasteiger partial charge >= 0.3 is 6.18 Å². The molecular formula is C21H19F3N6O2. The van der Waals surface area contributed by atoms with E-state index in [4.69, 9.17) is 4.42 Å². The monoisotopic (exact) mass is 444 g/mol. The first-order valence-electron chi connectivity index (χ1n) is 10.2. The molecule has 0 spiro atoms. The van der Waals surface area contributed by atoms with Gasteiger partial charge in [0.2, 0.25) is 5.89 Å². The average molecular weight is 444 g/mol. The molecule has 0 aliphatic carbocycles. The van der Waals surface area contributed by atoms with Gasteiger partial charge in [0.25, 0.3) is 11.4 Å². The Balaban J connectivity index is 1.69. The van der Waals surface area contributed by atoms with E-state index in [1.54, 1.807) is 25.1 Å². The SMILES string of the molecule is Cc1[nH]c2c(-c3ccccc3)c(C(F)(F)F)nn2c(=O)c1-c1nnc(C2CCCNC2)o1. The second-order valence-corrected chi connectivity index (χ2v) is 7.77. The number of nitrogens with zero attached hydrogens (tertiary/aromatic N) is 4. The maximum Gasteiger partial charge on any atom is 0.435 e. The molecule has 5 rings (SSSR count). The van der Waals surface area contributed by atoms with Crippen molar-refractivity contribution in [1.29, 1.82) is 0 Å². The maximum atomic E-state index is 13.8. The molecule has 0 bridgehead atoms. The van der Waals surface area contributed by atoms with Crippen LogP contribution in [0, 0.1) is 6.92 Å². The molecule has 0 radical (unpaired) electrons. The molecule has 1 atom stereocenters. The van der Waals surface area contributed by atoms with Crippen molar-refractivity contribution in [2.45, 2.75) is 31.9 Å². The van der Waals surface area contributed by atoms with E-state index in [0.29, 0.717) is 23.7 Å². The topological polar surface area (TPSA) is 101 Å². The van der Waals surface area contributed by atoms with Crippen molar-refractivity contribution in [3.05, 3.63) is 58.0 Å². The minimum atomic E-state index is -4.75. The second kappa shape index (κ2) is 7.59. The molecule has 0 amide bonds. The van der Waals surface area contributed by atoms with Crippen LogP contribution in [0.15, 0.2) is 39.5 Å². The number of aromatic nitrogens is 5. The van der Waals surface area contributed by atoms with Gasteiger partial charge in [-0.2, -0.15) is 22.8 Å². The summed E-state index contributed by atoms with van der Waals surface area (Å²) in [6.07, 6.45) is -2.92. The predicted octanol–water partition coefficient (Wildman–Crippen LogP) is 3.53. The lowest BCUT2D eigenvalue weighted by molar-refractivity contribution is -0.140. The maximum absolute atomic E-state index is 13.8. The fourth-order valence-corrected chi connectivity index (χ4v) is 4.08.